The minimum atomic E-state index is -0.547. The van der Waals surface area contributed by atoms with Crippen molar-refractivity contribution in [3.8, 4) is 0 Å². The van der Waals surface area contributed by atoms with Crippen LogP contribution in [0.15, 0.2) is 36.4 Å². The lowest BCUT2D eigenvalue weighted by Gasteiger charge is -2.16. The van der Waals surface area contributed by atoms with Crippen LogP contribution >= 0.6 is 11.6 Å². The summed E-state index contributed by atoms with van der Waals surface area (Å²) in [5, 5.41) is 10.5. The number of ether oxygens (including phenoxy) is 1. The van der Waals surface area contributed by atoms with E-state index in [1.807, 2.05) is 24.3 Å². The monoisotopic (exact) mass is 376 g/mol. The third-order valence-corrected chi connectivity index (χ3v) is 3.80. The molecule has 0 saturated heterocycles. The molecule has 1 aromatic carbocycles. The molecule has 0 saturated carbocycles. The van der Waals surface area contributed by atoms with Crippen molar-refractivity contribution in [3.05, 3.63) is 47.1 Å². The maximum Gasteiger partial charge on any atom is 0.326 e. The molecule has 1 aromatic heterocycles. The van der Waals surface area contributed by atoms with E-state index in [-0.39, 0.29) is 18.3 Å². The van der Waals surface area contributed by atoms with Gasteiger partial charge in [0.2, 0.25) is 0 Å². The number of nitrogens with one attached hydrogen (secondary N) is 1. The summed E-state index contributed by atoms with van der Waals surface area (Å²) in [4.78, 5) is 25.3. The largest absolute Gasteiger partial charge is 0.454 e. The maximum atomic E-state index is 11.9. The van der Waals surface area contributed by atoms with Crippen molar-refractivity contribution in [2.45, 2.75) is 19.8 Å². The van der Waals surface area contributed by atoms with Crippen LogP contribution < -0.4 is 10.2 Å². The molecule has 0 unspecified atom stereocenters. The molecule has 1 N–H and O–H groups in total. The smallest absolute Gasteiger partial charge is 0.326 e. The number of carbonyl (C=O) groups is 2. The zero-order chi connectivity index (χ0) is 19.1. The minimum Gasteiger partial charge on any atom is -0.454 e. The van der Waals surface area contributed by atoms with E-state index in [0.29, 0.717) is 17.4 Å². The molecular weight excluding hydrogens is 356 g/mol. The highest BCUT2D eigenvalue weighted by atomic mass is 35.5. The fraction of sp³-hybridized carbons (Fsp3) is 0.333. The summed E-state index contributed by atoms with van der Waals surface area (Å²) in [5.41, 5.74) is 1.84. The van der Waals surface area contributed by atoms with Crippen molar-refractivity contribution in [1.82, 2.24) is 10.2 Å². The van der Waals surface area contributed by atoms with Gasteiger partial charge in [-0.1, -0.05) is 37.6 Å². The second-order valence-corrected chi connectivity index (χ2v) is 6.44. The quantitative estimate of drug-likeness (QED) is 0.748. The van der Waals surface area contributed by atoms with Gasteiger partial charge in [0.15, 0.2) is 17.6 Å². The first-order chi connectivity index (χ1) is 12.3. The van der Waals surface area contributed by atoms with E-state index in [1.165, 1.54) is 5.56 Å². The van der Waals surface area contributed by atoms with Crippen LogP contribution in [0.1, 0.15) is 25.3 Å². The molecule has 0 radical (unpaired) electrons. The first kappa shape index (κ1) is 19.7. The number of carbonyl (C=O) groups excluding carboxylic acids is 2. The van der Waals surface area contributed by atoms with E-state index in [0.717, 1.165) is 0 Å². The zero-order valence-corrected chi connectivity index (χ0v) is 15.7. The summed E-state index contributed by atoms with van der Waals surface area (Å²) in [7, 11) is 1.66. The van der Waals surface area contributed by atoms with Crippen LogP contribution in [-0.2, 0) is 14.3 Å². The predicted molar refractivity (Wildman–Crippen MR) is 100 cm³/mol. The number of halogens is 1. The SMILES string of the molecule is CC(C)c1ccc(NC(=O)COC(=O)CN(C)c2ccc(Cl)nn2)cc1. The van der Waals surface area contributed by atoms with Crippen molar-refractivity contribution in [1.29, 1.82) is 0 Å². The summed E-state index contributed by atoms with van der Waals surface area (Å²) in [6, 6.07) is 10.8. The van der Waals surface area contributed by atoms with Crippen LogP contribution in [0.2, 0.25) is 5.15 Å². The molecule has 0 atom stereocenters. The average molecular weight is 377 g/mol. The number of nitrogens with zero attached hydrogens (tertiary/aromatic N) is 3. The Morgan fingerprint density at radius 2 is 1.85 bits per heavy atom. The Hall–Kier alpha value is -2.67. The molecule has 26 heavy (non-hydrogen) atoms. The molecular formula is C18H21ClN4O3. The molecule has 0 bridgehead atoms. The number of hydrogen-bond donors (Lipinski definition) is 1. The van der Waals surface area contributed by atoms with Gasteiger partial charge in [-0.05, 0) is 35.7 Å². The van der Waals surface area contributed by atoms with Crippen molar-refractivity contribution in [3.63, 3.8) is 0 Å². The molecule has 1 amide bonds. The van der Waals surface area contributed by atoms with Gasteiger partial charge in [0.1, 0.15) is 6.54 Å². The van der Waals surface area contributed by atoms with Crippen molar-refractivity contribution >= 4 is 35.0 Å². The number of likely N-dealkylation sites (N-methyl/N-ethyl adjacent to an activating group) is 1. The van der Waals surface area contributed by atoms with Gasteiger partial charge in [0.25, 0.3) is 5.91 Å². The number of aromatic nitrogens is 2. The highest BCUT2D eigenvalue weighted by Crippen LogP contribution is 2.17. The zero-order valence-electron chi connectivity index (χ0n) is 14.9. The molecule has 0 aliphatic carbocycles. The van der Waals surface area contributed by atoms with Gasteiger partial charge in [-0.2, -0.15) is 0 Å². The Balaban J connectivity index is 1.77. The molecule has 7 nitrogen and oxygen atoms in total. The Bertz CT molecular complexity index is 748. The second-order valence-electron chi connectivity index (χ2n) is 6.06. The van der Waals surface area contributed by atoms with Crippen LogP contribution in [0.4, 0.5) is 11.5 Å². The van der Waals surface area contributed by atoms with Gasteiger partial charge in [0.05, 0.1) is 0 Å². The molecule has 1 heterocycles. The first-order valence-electron chi connectivity index (χ1n) is 8.11. The summed E-state index contributed by atoms with van der Waals surface area (Å²) in [6.45, 7) is 3.77. The van der Waals surface area contributed by atoms with Crippen LogP contribution in [0.5, 0.6) is 0 Å². The van der Waals surface area contributed by atoms with Crippen LogP contribution in [-0.4, -0.2) is 42.3 Å². The number of esters is 1. The molecule has 138 valence electrons. The standard InChI is InChI=1S/C18H21ClN4O3/c1-12(2)13-4-6-14(7-5-13)20-17(24)11-26-18(25)10-23(3)16-9-8-15(19)21-22-16/h4-9,12H,10-11H2,1-3H3,(H,20,24). The van der Waals surface area contributed by atoms with Crippen molar-refractivity contribution in [2.75, 3.05) is 30.4 Å². The molecule has 2 aromatic rings. The lowest BCUT2D eigenvalue weighted by atomic mass is 10.0. The Labute approximate surface area is 157 Å². The number of anilines is 2. The lowest BCUT2D eigenvalue weighted by molar-refractivity contribution is -0.145. The highest BCUT2D eigenvalue weighted by Gasteiger charge is 2.12. The third kappa shape index (κ3) is 6.00. The number of benzene rings is 1. The van der Waals surface area contributed by atoms with E-state index < -0.39 is 11.9 Å². The lowest BCUT2D eigenvalue weighted by Crippen LogP contribution is -2.30. The third-order valence-electron chi connectivity index (χ3n) is 3.60. The van der Waals surface area contributed by atoms with Crippen LogP contribution in [0.3, 0.4) is 0 Å². The maximum absolute atomic E-state index is 11.9. The van der Waals surface area contributed by atoms with E-state index in [9.17, 15) is 9.59 Å². The average Bonchev–Trinajstić information content (AvgIpc) is 2.61. The van der Waals surface area contributed by atoms with E-state index in [1.54, 1.807) is 24.1 Å². The molecule has 0 spiro atoms. The molecule has 0 aliphatic rings. The van der Waals surface area contributed by atoms with Crippen molar-refractivity contribution < 1.29 is 14.3 Å². The molecule has 0 fully saturated rings. The van der Waals surface area contributed by atoms with E-state index >= 15 is 0 Å². The Morgan fingerprint density at radius 1 is 1.15 bits per heavy atom. The molecule has 8 heteroatoms. The topological polar surface area (TPSA) is 84.4 Å². The van der Waals surface area contributed by atoms with Crippen LogP contribution in [0.25, 0.3) is 0 Å². The van der Waals surface area contributed by atoms with Gasteiger partial charge >= 0.3 is 5.97 Å². The highest BCUT2D eigenvalue weighted by molar-refractivity contribution is 6.29. The van der Waals surface area contributed by atoms with Crippen LogP contribution in [0, 0.1) is 0 Å². The fourth-order valence-corrected chi connectivity index (χ4v) is 2.23. The van der Waals surface area contributed by atoms with Gasteiger partial charge in [-0.3, -0.25) is 9.59 Å². The fourth-order valence-electron chi connectivity index (χ4n) is 2.13. The molecule has 0 aliphatic heterocycles. The molecule has 2 rings (SSSR count). The normalized spacial score (nSPS) is 10.5. The summed E-state index contributed by atoms with van der Waals surface area (Å²) < 4.78 is 4.99. The van der Waals surface area contributed by atoms with Gasteiger partial charge in [-0.15, -0.1) is 10.2 Å². The van der Waals surface area contributed by atoms with Gasteiger partial charge < -0.3 is 15.0 Å². The van der Waals surface area contributed by atoms with Gasteiger partial charge in [0, 0.05) is 12.7 Å². The Kier molecular flexibility index (Phi) is 6.91. The van der Waals surface area contributed by atoms with Crippen molar-refractivity contribution in [2.24, 2.45) is 0 Å². The second kappa shape index (κ2) is 9.15. The minimum absolute atomic E-state index is 0.0628. The number of amides is 1. The van der Waals surface area contributed by atoms with E-state index in [4.69, 9.17) is 16.3 Å². The number of rotatable bonds is 7. The van der Waals surface area contributed by atoms with Gasteiger partial charge in [-0.25, -0.2) is 0 Å². The summed E-state index contributed by atoms with van der Waals surface area (Å²) in [6.07, 6.45) is 0. The number of hydrogen-bond acceptors (Lipinski definition) is 6. The predicted octanol–water partition coefficient (Wildman–Crippen LogP) is 2.87. The van der Waals surface area contributed by atoms with E-state index in [2.05, 4.69) is 29.4 Å². The summed E-state index contributed by atoms with van der Waals surface area (Å²) >= 11 is 5.67. The first-order valence-corrected chi connectivity index (χ1v) is 8.48. The summed E-state index contributed by atoms with van der Waals surface area (Å²) in [5.74, 6) is -0.0526. The Morgan fingerprint density at radius 3 is 2.42 bits per heavy atom.